The quantitative estimate of drug-likeness (QED) is 0.734. The summed E-state index contributed by atoms with van der Waals surface area (Å²) < 4.78 is 25.2. The number of nitrogens with zero attached hydrogens (tertiary/aromatic N) is 2. The first kappa shape index (κ1) is 18.8. The molecule has 0 unspecified atom stereocenters. The Balaban J connectivity index is 2.55. The Labute approximate surface area is 143 Å². The van der Waals surface area contributed by atoms with Crippen LogP contribution in [0, 0.1) is 5.82 Å². The summed E-state index contributed by atoms with van der Waals surface area (Å²) in [7, 11) is 0. The molecule has 0 bridgehead atoms. The number of halogens is 1. The lowest BCUT2D eigenvalue weighted by molar-refractivity contribution is -0.143. The van der Waals surface area contributed by atoms with Crippen LogP contribution in [0.25, 0.3) is 11.4 Å². The molecule has 25 heavy (non-hydrogen) atoms. The van der Waals surface area contributed by atoms with Crippen LogP contribution in [0.4, 0.5) is 4.39 Å². The van der Waals surface area contributed by atoms with Crippen LogP contribution >= 0.6 is 0 Å². The molecule has 0 spiro atoms. The van der Waals surface area contributed by atoms with Crippen LogP contribution in [0.5, 0.6) is 0 Å². The van der Waals surface area contributed by atoms with Crippen molar-refractivity contribution in [2.24, 2.45) is 0 Å². The summed E-state index contributed by atoms with van der Waals surface area (Å²) in [6.45, 7) is 4.24. The zero-order valence-electron chi connectivity index (χ0n) is 13.9. The van der Waals surface area contributed by atoms with Gasteiger partial charge in [0, 0.05) is 25.0 Å². The second-order valence-corrected chi connectivity index (χ2v) is 5.06. The van der Waals surface area contributed by atoms with E-state index in [1.165, 1.54) is 28.8 Å². The van der Waals surface area contributed by atoms with E-state index in [1.54, 1.807) is 13.8 Å². The average Bonchev–Trinajstić information content (AvgIpc) is 2.57. The Bertz CT molecular complexity index is 783. The molecule has 7 nitrogen and oxygen atoms in total. The van der Waals surface area contributed by atoms with Crippen LogP contribution in [0.1, 0.15) is 24.2 Å². The van der Waals surface area contributed by atoms with Crippen LogP contribution in [-0.2, 0) is 16.0 Å². The molecule has 0 aliphatic rings. The third kappa shape index (κ3) is 4.49. The highest BCUT2D eigenvalue weighted by atomic mass is 19.1. The van der Waals surface area contributed by atoms with Gasteiger partial charge in [-0.1, -0.05) is 0 Å². The highest BCUT2D eigenvalue weighted by Gasteiger charge is 2.20. The largest absolute Gasteiger partial charge is 0.477 e. The lowest BCUT2D eigenvalue weighted by Crippen LogP contribution is -2.34. The van der Waals surface area contributed by atoms with Gasteiger partial charge in [0.2, 0.25) is 0 Å². The minimum atomic E-state index is -1.37. The van der Waals surface area contributed by atoms with Gasteiger partial charge in [-0.15, -0.1) is 0 Å². The molecule has 0 atom stereocenters. The summed E-state index contributed by atoms with van der Waals surface area (Å²) in [5.74, 6) is -1.60. The number of rotatable bonds is 8. The molecule has 0 aliphatic carbocycles. The normalized spacial score (nSPS) is 11.0. The second kappa shape index (κ2) is 8.50. The van der Waals surface area contributed by atoms with Gasteiger partial charge in [-0.25, -0.2) is 14.2 Å². The van der Waals surface area contributed by atoms with Crippen LogP contribution in [0.15, 0.2) is 35.3 Å². The van der Waals surface area contributed by atoms with Gasteiger partial charge in [0.05, 0.1) is 6.54 Å². The molecule has 1 N–H and O–H groups in total. The first-order valence-corrected chi connectivity index (χ1v) is 7.80. The van der Waals surface area contributed by atoms with E-state index in [2.05, 4.69) is 4.98 Å². The molecule has 0 saturated carbocycles. The van der Waals surface area contributed by atoms with Gasteiger partial charge in [0.25, 0.3) is 5.56 Å². The molecule has 0 saturated heterocycles. The summed E-state index contributed by atoms with van der Waals surface area (Å²) in [6, 6.07) is 5.40. The molecule has 134 valence electrons. The van der Waals surface area contributed by atoms with E-state index in [1.807, 2.05) is 0 Å². The average molecular weight is 350 g/mol. The molecule has 0 aliphatic heterocycles. The van der Waals surface area contributed by atoms with Gasteiger partial charge in [-0.3, -0.25) is 9.36 Å². The van der Waals surface area contributed by atoms with Gasteiger partial charge in [0.15, 0.2) is 6.29 Å². The van der Waals surface area contributed by atoms with E-state index in [0.717, 1.165) is 6.20 Å². The lowest BCUT2D eigenvalue weighted by atomic mass is 10.2. The Morgan fingerprint density at radius 3 is 2.36 bits per heavy atom. The van der Waals surface area contributed by atoms with Gasteiger partial charge < -0.3 is 14.6 Å². The molecule has 0 amide bonds. The maximum Gasteiger partial charge on any atom is 0.342 e. The summed E-state index contributed by atoms with van der Waals surface area (Å²) in [4.78, 5) is 27.9. The lowest BCUT2D eigenvalue weighted by Gasteiger charge is -2.20. The number of aromatic carboxylic acids is 1. The fraction of sp³-hybridized carbons (Fsp3) is 0.353. The predicted octanol–water partition coefficient (Wildman–Crippen LogP) is 2.15. The van der Waals surface area contributed by atoms with Crippen molar-refractivity contribution in [3.05, 3.63) is 52.2 Å². The zero-order valence-corrected chi connectivity index (χ0v) is 13.9. The summed E-state index contributed by atoms with van der Waals surface area (Å²) >= 11 is 0. The van der Waals surface area contributed by atoms with E-state index in [-0.39, 0.29) is 12.4 Å². The van der Waals surface area contributed by atoms with E-state index >= 15 is 0 Å². The van der Waals surface area contributed by atoms with Crippen molar-refractivity contribution in [3.8, 4) is 11.4 Å². The maximum absolute atomic E-state index is 13.2. The molecule has 2 rings (SSSR count). The maximum atomic E-state index is 13.2. The smallest absolute Gasteiger partial charge is 0.342 e. The minimum absolute atomic E-state index is 0.0403. The van der Waals surface area contributed by atoms with Crippen molar-refractivity contribution in [3.63, 3.8) is 0 Å². The van der Waals surface area contributed by atoms with Crippen molar-refractivity contribution in [1.29, 1.82) is 0 Å². The number of benzene rings is 1. The SMILES string of the molecule is CCOC(Cn1c(-c2ccc(F)cc2)ncc(C(=O)O)c1=O)OCC. The highest BCUT2D eigenvalue weighted by Crippen LogP contribution is 2.17. The van der Waals surface area contributed by atoms with Gasteiger partial charge in [-0.05, 0) is 38.1 Å². The number of hydrogen-bond donors (Lipinski definition) is 1. The predicted molar refractivity (Wildman–Crippen MR) is 87.9 cm³/mol. The molecule has 1 heterocycles. The van der Waals surface area contributed by atoms with Crippen molar-refractivity contribution >= 4 is 5.97 Å². The first-order chi connectivity index (χ1) is 12.0. The topological polar surface area (TPSA) is 90.7 Å². The molecule has 0 radical (unpaired) electrons. The number of ether oxygens (including phenoxy) is 2. The summed E-state index contributed by atoms with van der Waals surface area (Å²) in [5, 5.41) is 9.16. The Hall–Kier alpha value is -2.58. The fourth-order valence-electron chi connectivity index (χ4n) is 2.31. The van der Waals surface area contributed by atoms with Crippen LogP contribution in [0.2, 0.25) is 0 Å². The summed E-state index contributed by atoms with van der Waals surface area (Å²) in [5.41, 5.74) is -0.717. The van der Waals surface area contributed by atoms with Crippen molar-refractivity contribution in [2.75, 3.05) is 13.2 Å². The van der Waals surface area contributed by atoms with E-state index in [4.69, 9.17) is 14.6 Å². The Morgan fingerprint density at radius 1 is 1.24 bits per heavy atom. The van der Waals surface area contributed by atoms with E-state index in [0.29, 0.717) is 18.8 Å². The number of carboxylic acid groups (broad SMARTS) is 1. The van der Waals surface area contributed by atoms with Crippen molar-refractivity contribution < 1.29 is 23.8 Å². The third-order valence-electron chi connectivity index (χ3n) is 3.42. The third-order valence-corrected chi connectivity index (χ3v) is 3.42. The molecular formula is C17H19FN2O5. The van der Waals surface area contributed by atoms with Crippen LogP contribution in [0.3, 0.4) is 0 Å². The van der Waals surface area contributed by atoms with Gasteiger partial charge >= 0.3 is 5.97 Å². The van der Waals surface area contributed by atoms with Gasteiger partial charge in [-0.2, -0.15) is 0 Å². The summed E-state index contributed by atoms with van der Waals surface area (Å²) in [6.07, 6.45) is 0.258. The zero-order chi connectivity index (χ0) is 18.4. The van der Waals surface area contributed by atoms with E-state index < -0.39 is 29.2 Å². The molecular weight excluding hydrogens is 331 g/mol. The second-order valence-electron chi connectivity index (χ2n) is 5.06. The number of carbonyl (C=O) groups is 1. The monoisotopic (exact) mass is 350 g/mol. The highest BCUT2D eigenvalue weighted by molar-refractivity contribution is 5.86. The fourth-order valence-corrected chi connectivity index (χ4v) is 2.31. The minimum Gasteiger partial charge on any atom is -0.477 e. The van der Waals surface area contributed by atoms with Crippen LogP contribution in [-0.4, -0.2) is 40.1 Å². The standard InChI is InChI=1S/C17H19FN2O5/c1-3-24-14(25-4-2)10-20-15(11-5-7-12(18)8-6-11)19-9-13(16(20)21)17(22)23/h5-9,14H,3-4,10H2,1-2H3,(H,22,23). The number of aromatic nitrogens is 2. The molecule has 2 aromatic rings. The molecule has 0 fully saturated rings. The van der Waals surface area contributed by atoms with Crippen molar-refractivity contribution in [1.82, 2.24) is 9.55 Å². The van der Waals surface area contributed by atoms with Gasteiger partial charge in [0.1, 0.15) is 17.2 Å². The van der Waals surface area contributed by atoms with Crippen molar-refractivity contribution in [2.45, 2.75) is 26.7 Å². The first-order valence-electron chi connectivity index (χ1n) is 7.80. The molecule has 1 aromatic heterocycles. The molecule has 8 heteroatoms. The number of carboxylic acids is 1. The Morgan fingerprint density at radius 2 is 1.84 bits per heavy atom. The molecule has 1 aromatic carbocycles. The van der Waals surface area contributed by atoms with E-state index in [9.17, 15) is 14.0 Å². The number of hydrogen-bond acceptors (Lipinski definition) is 5. The van der Waals surface area contributed by atoms with Crippen LogP contribution < -0.4 is 5.56 Å². The Kier molecular flexibility index (Phi) is 6.37.